The molecule has 32 heavy (non-hydrogen) atoms. The maximum absolute atomic E-state index is 14.4. The number of anilines is 1. The van der Waals surface area contributed by atoms with Crippen molar-refractivity contribution in [2.75, 3.05) is 12.4 Å². The summed E-state index contributed by atoms with van der Waals surface area (Å²) in [6.45, 7) is 0. The van der Waals surface area contributed by atoms with E-state index in [2.05, 4.69) is 5.32 Å². The number of alkyl halides is 3. The first-order chi connectivity index (χ1) is 14.8. The number of nitrogens with one attached hydrogen (secondary N) is 1. The minimum atomic E-state index is -5.01. The van der Waals surface area contributed by atoms with E-state index in [1.807, 2.05) is 0 Å². The topological polar surface area (TPSA) is 95.2 Å². The Bertz CT molecular complexity index is 1190. The number of hydrogen-bond acceptors (Lipinski definition) is 4. The SMILES string of the molecule is CN(C1(C(F)(F)F)CCCC1)S(=O)(=O)n1ccc(F)c1C(=O)Nc1ccc(F)c(C#N)c1. The summed E-state index contributed by atoms with van der Waals surface area (Å²) in [5.74, 6) is -3.49. The minimum absolute atomic E-state index is 0.134. The summed E-state index contributed by atoms with van der Waals surface area (Å²) in [6.07, 6.45) is -4.88. The molecule has 172 valence electrons. The van der Waals surface area contributed by atoms with Crippen LogP contribution in [0.2, 0.25) is 0 Å². The van der Waals surface area contributed by atoms with Crippen LogP contribution in [0.1, 0.15) is 41.7 Å². The Morgan fingerprint density at radius 1 is 1.19 bits per heavy atom. The standard InChI is InChI=1S/C19H17F5N4O3S/c1-27(18(19(22,23)24)7-2-3-8-18)32(30,31)28-9-6-15(21)16(28)17(29)26-13-4-5-14(20)12(10-13)11-25/h4-6,9-10H,2-3,7-8H2,1H3,(H,26,29). The summed E-state index contributed by atoms with van der Waals surface area (Å²) in [7, 11) is -4.27. The van der Waals surface area contributed by atoms with Crippen molar-refractivity contribution in [2.45, 2.75) is 37.4 Å². The van der Waals surface area contributed by atoms with Crippen molar-refractivity contribution in [3.8, 4) is 6.07 Å². The number of nitriles is 1. The predicted octanol–water partition coefficient (Wildman–Crippen LogP) is 3.79. The normalized spacial score (nSPS) is 16.2. The van der Waals surface area contributed by atoms with E-state index < -0.39 is 63.6 Å². The molecule has 0 radical (unpaired) electrons. The zero-order chi connectivity index (χ0) is 23.9. The Morgan fingerprint density at radius 2 is 1.81 bits per heavy atom. The van der Waals surface area contributed by atoms with Crippen molar-refractivity contribution in [2.24, 2.45) is 0 Å². The molecule has 1 heterocycles. The van der Waals surface area contributed by atoms with Crippen LogP contribution in [0.25, 0.3) is 0 Å². The van der Waals surface area contributed by atoms with Crippen molar-refractivity contribution in [3.63, 3.8) is 0 Å². The third kappa shape index (κ3) is 3.84. The van der Waals surface area contributed by atoms with Crippen molar-refractivity contribution in [3.05, 3.63) is 53.4 Å². The van der Waals surface area contributed by atoms with Gasteiger partial charge in [0.15, 0.2) is 11.5 Å². The quantitative estimate of drug-likeness (QED) is 0.665. The first-order valence-electron chi connectivity index (χ1n) is 9.29. The number of rotatable bonds is 5. The second kappa shape index (κ2) is 8.18. The van der Waals surface area contributed by atoms with Crippen molar-refractivity contribution in [1.29, 1.82) is 5.26 Å². The molecule has 1 aromatic carbocycles. The highest BCUT2D eigenvalue weighted by Crippen LogP contribution is 2.48. The summed E-state index contributed by atoms with van der Waals surface area (Å²) in [5, 5.41) is 11.0. The van der Waals surface area contributed by atoms with Gasteiger partial charge >= 0.3 is 16.4 Å². The van der Waals surface area contributed by atoms with Gasteiger partial charge < -0.3 is 5.32 Å². The van der Waals surface area contributed by atoms with Crippen LogP contribution < -0.4 is 5.32 Å². The Kier molecular flexibility index (Phi) is 6.05. The highest BCUT2D eigenvalue weighted by molar-refractivity contribution is 7.87. The van der Waals surface area contributed by atoms with E-state index >= 15 is 0 Å². The molecule has 0 bridgehead atoms. The molecule has 0 saturated heterocycles. The lowest BCUT2D eigenvalue weighted by atomic mass is 9.97. The van der Waals surface area contributed by atoms with E-state index in [0.29, 0.717) is 12.3 Å². The molecular formula is C19H17F5N4O3S. The number of nitrogens with zero attached hydrogens (tertiary/aromatic N) is 3. The molecule has 1 aliphatic rings. The van der Waals surface area contributed by atoms with Crippen LogP contribution in [0.3, 0.4) is 0 Å². The highest BCUT2D eigenvalue weighted by Gasteiger charge is 2.61. The van der Waals surface area contributed by atoms with E-state index in [1.165, 1.54) is 0 Å². The van der Waals surface area contributed by atoms with Gasteiger partial charge in [-0.2, -0.15) is 31.2 Å². The molecule has 1 aliphatic carbocycles. The van der Waals surface area contributed by atoms with Crippen molar-refractivity contribution in [1.82, 2.24) is 8.28 Å². The molecule has 1 amide bonds. The maximum atomic E-state index is 14.4. The molecule has 1 fully saturated rings. The molecule has 0 spiro atoms. The van der Waals surface area contributed by atoms with Gasteiger partial charge in [0, 0.05) is 18.9 Å². The third-order valence-corrected chi connectivity index (χ3v) is 7.36. The molecule has 0 unspecified atom stereocenters. The van der Waals surface area contributed by atoms with Gasteiger partial charge in [0.25, 0.3) is 5.91 Å². The average molecular weight is 476 g/mol. The first-order valence-corrected chi connectivity index (χ1v) is 10.7. The lowest BCUT2D eigenvalue weighted by molar-refractivity contribution is -0.212. The summed E-state index contributed by atoms with van der Waals surface area (Å²) in [6, 6.07) is 5.02. The summed E-state index contributed by atoms with van der Waals surface area (Å²) in [4.78, 5) is 12.6. The fraction of sp³-hybridized carbons (Fsp3) is 0.368. The smallest absolute Gasteiger partial charge is 0.321 e. The maximum Gasteiger partial charge on any atom is 0.407 e. The fourth-order valence-electron chi connectivity index (χ4n) is 3.76. The molecule has 3 rings (SSSR count). The molecule has 13 heteroatoms. The van der Waals surface area contributed by atoms with Crippen molar-refractivity contribution < 1.29 is 35.2 Å². The van der Waals surface area contributed by atoms with Crippen LogP contribution in [0.15, 0.2) is 30.5 Å². The van der Waals surface area contributed by atoms with E-state index in [1.54, 1.807) is 6.07 Å². The van der Waals surface area contributed by atoms with E-state index in [0.717, 1.165) is 25.2 Å². The van der Waals surface area contributed by atoms with Gasteiger partial charge in [0.2, 0.25) is 0 Å². The van der Waals surface area contributed by atoms with Crippen LogP contribution in [0, 0.1) is 23.0 Å². The zero-order valence-corrected chi connectivity index (χ0v) is 17.4. The number of carbonyl (C=O) groups is 1. The monoisotopic (exact) mass is 476 g/mol. The molecular weight excluding hydrogens is 459 g/mol. The number of hydrogen-bond donors (Lipinski definition) is 1. The molecule has 1 saturated carbocycles. The highest BCUT2D eigenvalue weighted by atomic mass is 32.2. The molecule has 2 aromatic rings. The van der Waals surface area contributed by atoms with Crippen LogP contribution in [-0.4, -0.2) is 41.4 Å². The first kappa shape index (κ1) is 23.7. The van der Waals surface area contributed by atoms with Gasteiger partial charge in [0.05, 0.1) is 5.56 Å². The number of amides is 1. The van der Waals surface area contributed by atoms with Crippen LogP contribution >= 0.6 is 0 Å². The van der Waals surface area contributed by atoms with Crippen LogP contribution in [-0.2, 0) is 10.2 Å². The Labute approximate surface area is 180 Å². The van der Waals surface area contributed by atoms with Crippen molar-refractivity contribution >= 4 is 21.8 Å². The van der Waals surface area contributed by atoms with E-state index in [4.69, 9.17) is 5.26 Å². The molecule has 0 aliphatic heterocycles. The second-order valence-corrected chi connectivity index (χ2v) is 9.12. The Balaban J connectivity index is 2.00. The van der Waals surface area contributed by atoms with Gasteiger partial charge in [-0.3, -0.25) is 4.79 Å². The Morgan fingerprint density at radius 3 is 2.38 bits per heavy atom. The summed E-state index contributed by atoms with van der Waals surface area (Å²) >= 11 is 0. The average Bonchev–Trinajstić information content (AvgIpc) is 3.36. The summed E-state index contributed by atoms with van der Waals surface area (Å²) < 4.78 is 95.7. The number of aromatic nitrogens is 1. The van der Waals surface area contributed by atoms with Gasteiger partial charge in [-0.15, -0.1) is 0 Å². The van der Waals surface area contributed by atoms with Gasteiger partial charge in [-0.1, -0.05) is 12.8 Å². The van der Waals surface area contributed by atoms with Gasteiger partial charge in [-0.05, 0) is 37.1 Å². The zero-order valence-electron chi connectivity index (χ0n) is 16.6. The Hall–Kier alpha value is -2.98. The number of halogens is 5. The molecule has 1 N–H and O–H groups in total. The van der Waals surface area contributed by atoms with Gasteiger partial charge in [0.1, 0.15) is 17.4 Å². The fourth-order valence-corrected chi connectivity index (χ4v) is 5.37. The summed E-state index contributed by atoms with van der Waals surface area (Å²) in [5.41, 5.74) is -4.32. The van der Waals surface area contributed by atoms with E-state index in [9.17, 15) is 35.2 Å². The molecule has 1 aromatic heterocycles. The number of carbonyl (C=O) groups excluding carboxylic acids is 1. The second-order valence-electron chi connectivity index (χ2n) is 7.28. The predicted molar refractivity (Wildman–Crippen MR) is 103 cm³/mol. The minimum Gasteiger partial charge on any atom is -0.321 e. The van der Waals surface area contributed by atoms with Gasteiger partial charge in [-0.25, -0.2) is 12.8 Å². The lowest BCUT2D eigenvalue weighted by Gasteiger charge is -2.39. The van der Waals surface area contributed by atoms with E-state index in [-0.39, 0.29) is 26.8 Å². The molecule has 0 atom stereocenters. The largest absolute Gasteiger partial charge is 0.407 e. The molecule has 7 nitrogen and oxygen atoms in total. The number of benzene rings is 1. The van der Waals surface area contributed by atoms with Crippen LogP contribution in [0.5, 0.6) is 0 Å². The lowest BCUT2D eigenvalue weighted by Crippen LogP contribution is -2.58. The van der Waals surface area contributed by atoms with Crippen LogP contribution in [0.4, 0.5) is 27.6 Å². The third-order valence-electron chi connectivity index (χ3n) is 5.52.